The van der Waals surface area contributed by atoms with Gasteiger partial charge in [0, 0.05) is 18.0 Å². The first-order valence-electron chi connectivity index (χ1n) is 4.88. The zero-order chi connectivity index (χ0) is 12.3. The number of benzene rings is 1. The molecule has 0 saturated carbocycles. The molecule has 1 aromatic carbocycles. The fourth-order valence-corrected chi connectivity index (χ4v) is 1.40. The first-order valence-corrected chi connectivity index (χ1v) is 5.25. The first-order chi connectivity index (χ1) is 8.16. The van der Waals surface area contributed by atoms with Gasteiger partial charge in [0.25, 0.3) is 5.91 Å². The van der Waals surface area contributed by atoms with Crippen molar-refractivity contribution in [3.05, 3.63) is 53.3 Å². The van der Waals surface area contributed by atoms with Crippen LogP contribution in [0.15, 0.2) is 42.6 Å². The van der Waals surface area contributed by atoms with Crippen LogP contribution in [0.3, 0.4) is 0 Å². The van der Waals surface area contributed by atoms with Gasteiger partial charge in [0.15, 0.2) is 0 Å². The van der Waals surface area contributed by atoms with Gasteiger partial charge in [-0.3, -0.25) is 9.78 Å². The van der Waals surface area contributed by atoms with Crippen molar-refractivity contribution in [1.29, 1.82) is 0 Å². The second-order valence-corrected chi connectivity index (χ2v) is 3.74. The highest BCUT2D eigenvalue weighted by molar-refractivity contribution is 6.32. The third kappa shape index (κ3) is 2.73. The average molecular weight is 249 g/mol. The van der Waals surface area contributed by atoms with Crippen molar-refractivity contribution >= 4 is 23.2 Å². The van der Waals surface area contributed by atoms with Crippen LogP contribution in [0.2, 0.25) is 5.02 Å². The van der Waals surface area contributed by atoms with Gasteiger partial charge >= 0.3 is 0 Å². The monoisotopic (exact) mass is 248 g/mol. The maximum Gasteiger partial charge on any atom is 0.274 e. The number of aromatic nitrogens is 1. The number of rotatable bonds is 2. The molecule has 0 aliphatic heterocycles. The molecule has 17 heavy (non-hydrogen) atoms. The fraction of sp³-hybridized carbons (Fsp3) is 0. The predicted molar refractivity (Wildman–Crippen MR) is 65.3 cm³/mol. The second kappa shape index (κ2) is 4.84. The van der Waals surface area contributed by atoms with E-state index in [1.54, 1.807) is 24.3 Å². The molecule has 1 amide bonds. The molecular formula is C12H9ClN2O2. The topological polar surface area (TPSA) is 62.2 Å². The van der Waals surface area contributed by atoms with Crippen LogP contribution in [0.5, 0.6) is 5.75 Å². The van der Waals surface area contributed by atoms with Crippen LogP contribution < -0.4 is 5.32 Å². The van der Waals surface area contributed by atoms with Gasteiger partial charge in [-0.1, -0.05) is 17.7 Å². The molecule has 86 valence electrons. The van der Waals surface area contributed by atoms with Gasteiger partial charge in [-0.25, -0.2) is 0 Å². The molecular weight excluding hydrogens is 240 g/mol. The Morgan fingerprint density at radius 3 is 2.76 bits per heavy atom. The smallest absolute Gasteiger partial charge is 0.274 e. The number of pyridine rings is 1. The van der Waals surface area contributed by atoms with Crippen LogP contribution in [0.1, 0.15) is 10.5 Å². The lowest BCUT2D eigenvalue weighted by Gasteiger charge is -2.05. The van der Waals surface area contributed by atoms with Crippen molar-refractivity contribution < 1.29 is 9.90 Å². The molecule has 2 N–H and O–H groups in total. The lowest BCUT2D eigenvalue weighted by molar-refractivity contribution is 0.102. The molecule has 0 radical (unpaired) electrons. The Balaban J connectivity index is 2.16. The minimum Gasteiger partial charge on any atom is -0.506 e. The Morgan fingerprint density at radius 2 is 2.12 bits per heavy atom. The lowest BCUT2D eigenvalue weighted by atomic mass is 10.2. The summed E-state index contributed by atoms with van der Waals surface area (Å²) >= 11 is 5.66. The molecule has 1 heterocycles. The van der Waals surface area contributed by atoms with Crippen LogP contribution in [0.25, 0.3) is 0 Å². The number of amides is 1. The zero-order valence-electron chi connectivity index (χ0n) is 8.72. The summed E-state index contributed by atoms with van der Waals surface area (Å²) in [4.78, 5) is 15.6. The third-order valence-electron chi connectivity index (χ3n) is 2.10. The average Bonchev–Trinajstić information content (AvgIpc) is 2.35. The first kappa shape index (κ1) is 11.4. The van der Waals surface area contributed by atoms with Crippen molar-refractivity contribution in [1.82, 2.24) is 4.98 Å². The van der Waals surface area contributed by atoms with Crippen molar-refractivity contribution in [2.75, 3.05) is 5.32 Å². The van der Waals surface area contributed by atoms with Gasteiger partial charge in [0.05, 0.1) is 5.02 Å². The van der Waals surface area contributed by atoms with Crippen LogP contribution in [0, 0.1) is 0 Å². The molecule has 0 atom stereocenters. The van der Waals surface area contributed by atoms with E-state index in [9.17, 15) is 9.90 Å². The summed E-state index contributed by atoms with van der Waals surface area (Å²) in [7, 11) is 0. The number of carbonyl (C=O) groups is 1. The van der Waals surface area contributed by atoms with E-state index in [0.717, 1.165) is 0 Å². The summed E-state index contributed by atoms with van der Waals surface area (Å²) in [5, 5.41) is 12.2. The van der Waals surface area contributed by atoms with Gasteiger partial charge in [-0.2, -0.15) is 0 Å². The summed E-state index contributed by atoms with van der Waals surface area (Å²) in [5.74, 6) is -0.419. The number of hydrogen-bond acceptors (Lipinski definition) is 3. The Kier molecular flexibility index (Phi) is 3.25. The zero-order valence-corrected chi connectivity index (χ0v) is 9.48. The highest BCUT2D eigenvalue weighted by Crippen LogP contribution is 2.26. The molecule has 0 fully saturated rings. The van der Waals surface area contributed by atoms with Gasteiger partial charge in [-0.05, 0) is 24.3 Å². The number of anilines is 1. The number of nitrogens with one attached hydrogen (secondary N) is 1. The number of phenolic OH excluding ortho intramolecular Hbond substituents is 1. The van der Waals surface area contributed by atoms with Crippen molar-refractivity contribution in [2.45, 2.75) is 0 Å². The molecule has 0 unspecified atom stereocenters. The Labute approximate surface area is 103 Å². The Bertz CT molecular complexity index is 543. The number of carbonyl (C=O) groups excluding carboxylic acids is 1. The second-order valence-electron chi connectivity index (χ2n) is 3.34. The fourth-order valence-electron chi connectivity index (χ4n) is 1.28. The molecule has 0 aliphatic rings. The molecule has 2 rings (SSSR count). The maximum absolute atomic E-state index is 11.7. The van der Waals surface area contributed by atoms with E-state index in [-0.39, 0.29) is 16.7 Å². The van der Waals surface area contributed by atoms with Gasteiger partial charge < -0.3 is 10.4 Å². The van der Waals surface area contributed by atoms with E-state index in [0.29, 0.717) is 11.4 Å². The molecule has 0 saturated heterocycles. The van der Waals surface area contributed by atoms with E-state index in [4.69, 9.17) is 11.6 Å². The largest absolute Gasteiger partial charge is 0.506 e. The van der Waals surface area contributed by atoms with Crippen LogP contribution in [0.4, 0.5) is 5.69 Å². The molecule has 4 nitrogen and oxygen atoms in total. The van der Waals surface area contributed by atoms with E-state index in [1.807, 2.05) is 0 Å². The standard InChI is InChI=1S/C12H9ClN2O2/c13-9-5-4-8(7-11(9)16)15-12(17)10-3-1-2-6-14-10/h1-7,16H,(H,15,17). The molecule has 0 aliphatic carbocycles. The van der Waals surface area contributed by atoms with Gasteiger partial charge in [0.1, 0.15) is 11.4 Å². The van der Waals surface area contributed by atoms with Gasteiger partial charge in [-0.15, -0.1) is 0 Å². The third-order valence-corrected chi connectivity index (χ3v) is 2.42. The quantitative estimate of drug-likeness (QED) is 0.859. The van der Waals surface area contributed by atoms with E-state index in [1.165, 1.54) is 18.3 Å². The number of nitrogens with zero attached hydrogens (tertiary/aromatic N) is 1. The minimum atomic E-state index is -0.340. The molecule has 5 heteroatoms. The van der Waals surface area contributed by atoms with Crippen molar-refractivity contribution in [2.24, 2.45) is 0 Å². The van der Waals surface area contributed by atoms with Crippen LogP contribution in [-0.2, 0) is 0 Å². The Hall–Kier alpha value is -2.07. The number of phenols is 1. The van der Waals surface area contributed by atoms with E-state index in [2.05, 4.69) is 10.3 Å². The molecule has 0 bridgehead atoms. The maximum atomic E-state index is 11.7. The number of aromatic hydroxyl groups is 1. The highest BCUT2D eigenvalue weighted by atomic mass is 35.5. The number of halogens is 1. The normalized spacial score (nSPS) is 9.94. The summed E-state index contributed by atoms with van der Waals surface area (Å²) in [6.07, 6.45) is 1.54. The van der Waals surface area contributed by atoms with Gasteiger partial charge in [0.2, 0.25) is 0 Å². The van der Waals surface area contributed by atoms with E-state index < -0.39 is 0 Å². The highest BCUT2D eigenvalue weighted by Gasteiger charge is 2.07. The summed E-state index contributed by atoms with van der Waals surface area (Å²) in [5.41, 5.74) is 0.768. The molecule has 0 spiro atoms. The SMILES string of the molecule is O=C(Nc1ccc(Cl)c(O)c1)c1ccccn1. The summed E-state index contributed by atoms with van der Waals surface area (Å²) in [6.45, 7) is 0. The van der Waals surface area contributed by atoms with Crippen LogP contribution in [-0.4, -0.2) is 16.0 Å². The minimum absolute atomic E-state index is 0.0783. The van der Waals surface area contributed by atoms with Crippen molar-refractivity contribution in [3.63, 3.8) is 0 Å². The predicted octanol–water partition coefficient (Wildman–Crippen LogP) is 2.69. The van der Waals surface area contributed by atoms with E-state index >= 15 is 0 Å². The Morgan fingerprint density at radius 1 is 1.29 bits per heavy atom. The lowest BCUT2D eigenvalue weighted by Crippen LogP contribution is -2.13. The summed E-state index contributed by atoms with van der Waals surface area (Å²) < 4.78 is 0. The molecule has 2 aromatic rings. The molecule has 1 aromatic heterocycles. The van der Waals surface area contributed by atoms with Crippen LogP contribution >= 0.6 is 11.6 Å². The van der Waals surface area contributed by atoms with Crippen molar-refractivity contribution in [3.8, 4) is 5.75 Å². The number of hydrogen-bond donors (Lipinski definition) is 2. The summed E-state index contributed by atoms with van der Waals surface area (Å²) in [6, 6.07) is 9.54.